The Morgan fingerprint density at radius 2 is 2.12 bits per heavy atom. The van der Waals surface area contributed by atoms with Crippen molar-refractivity contribution >= 4 is 15.9 Å². The van der Waals surface area contributed by atoms with Gasteiger partial charge in [-0.05, 0) is 18.9 Å². The summed E-state index contributed by atoms with van der Waals surface area (Å²) in [5.74, 6) is 0.0935. The number of nitrogens with one attached hydrogen (secondary N) is 1. The predicted octanol–water partition coefficient (Wildman–Crippen LogP) is 1.07. The molecule has 0 saturated carbocycles. The average Bonchev–Trinajstić information content (AvgIpc) is 2.89. The molecule has 0 aliphatic carbocycles. The molecule has 0 atom stereocenters. The molecule has 2 heterocycles. The van der Waals surface area contributed by atoms with E-state index in [9.17, 15) is 13.2 Å². The SMILES string of the molecule is Cc1noc(COc2ccc(C(=O)NS(=O)(=O)CC(C)C)cn2)n1. The summed E-state index contributed by atoms with van der Waals surface area (Å²) in [6, 6.07) is 2.87. The van der Waals surface area contributed by atoms with E-state index in [0.29, 0.717) is 11.7 Å². The second kappa shape index (κ2) is 7.39. The molecule has 130 valence electrons. The number of carbonyl (C=O) groups excluding carboxylic acids is 1. The fourth-order valence-electron chi connectivity index (χ4n) is 1.81. The molecule has 24 heavy (non-hydrogen) atoms. The van der Waals surface area contributed by atoms with Gasteiger partial charge in [0, 0.05) is 12.3 Å². The number of carbonyl (C=O) groups is 1. The van der Waals surface area contributed by atoms with Crippen molar-refractivity contribution in [1.82, 2.24) is 19.8 Å². The van der Waals surface area contributed by atoms with Crippen molar-refractivity contribution in [2.24, 2.45) is 5.92 Å². The largest absolute Gasteiger partial charge is 0.468 e. The van der Waals surface area contributed by atoms with Crippen LogP contribution in [0, 0.1) is 12.8 Å². The van der Waals surface area contributed by atoms with Crippen LogP contribution in [0.1, 0.15) is 35.9 Å². The first-order valence-electron chi connectivity index (χ1n) is 7.18. The van der Waals surface area contributed by atoms with Gasteiger partial charge in [-0.2, -0.15) is 4.98 Å². The molecule has 0 spiro atoms. The van der Waals surface area contributed by atoms with Crippen LogP contribution in [0.25, 0.3) is 0 Å². The molecule has 2 aromatic rings. The number of rotatable bonds is 7. The van der Waals surface area contributed by atoms with E-state index in [-0.39, 0.29) is 29.7 Å². The van der Waals surface area contributed by atoms with Crippen LogP contribution < -0.4 is 9.46 Å². The summed E-state index contributed by atoms with van der Waals surface area (Å²) in [6.45, 7) is 5.23. The van der Waals surface area contributed by atoms with Crippen molar-refractivity contribution in [1.29, 1.82) is 0 Å². The van der Waals surface area contributed by atoms with Gasteiger partial charge in [-0.25, -0.2) is 18.1 Å². The number of amides is 1. The first-order chi connectivity index (χ1) is 11.2. The van der Waals surface area contributed by atoms with Crippen LogP contribution in [0.5, 0.6) is 5.88 Å². The number of hydrogen-bond acceptors (Lipinski definition) is 8. The summed E-state index contributed by atoms with van der Waals surface area (Å²) < 4.78 is 35.7. The third kappa shape index (κ3) is 5.30. The topological polar surface area (TPSA) is 124 Å². The number of aromatic nitrogens is 3. The third-order valence-electron chi connectivity index (χ3n) is 2.71. The van der Waals surface area contributed by atoms with Crippen molar-refractivity contribution in [2.45, 2.75) is 27.4 Å². The van der Waals surface area contributed by atoms with Crippen LogP contribution in [-0.4, -0.2) is 35.2 Å². The number of ether oxygens (including phenoxy) is 1. The van der Waals surface area contributed by atoms with Gasteiger partial charge in [0.1, 0.15) is 0 Å². The zero-order chi connectivity index (χ0) is 17.7. The molecular weight excluding hydrogens is 336 g/mol. The highest BCUT2D eigenvalue weighted by Crippen LogP contribution is 2.10. The summed E-state index contributed by atoms with van der Waals surface area (Å²) in [6.07, 6.45) is 1.23. The van der Waals surface area contributed by atoms with Gasteiger partial charge in [0.25, 0.3) is 11.8 Å². The molecule has 0 aromatic carbocycles. The van der Waals surface area contributed by atoms with Crippen LogP contribution in [0.15, 0.2) is 22.9 Å². The molecule has 2 rings (SSSR count). The van der Waals surface area contributed by atoms with E-state index in [4.69, 9.17) is 9.26 Å². The molecule has 0 unspecified atom stereocenters. The van der Waals surface area contributed by atoms with E-state index in [1.54, 1.807) is 20.8 Å². The van der Waals surface area contributed by atoms with E-state index < -0.39 is 15.9 Å². The molecule has 0 aliphatic rings. The normalized spacial score (nSPS) is 11.5. The van der Waals surface area contributed by atoms with Crippen molar-refractivity contribution in [3.63, 3.8) is 0 Å². The fraction of sp³-hybridized carbons (Fsp3) is 0.429. The minimum Gasteiger partial charge on any atom is -0.468 e. The molecule has 1 amide bonds. The number of sulfonamides is 1. The summed E-state index contributed by atoms with van der Waals surface area (Å²) in [7, 11) is -3.67. The standard InChI is InChI=1S/C14H18N4O5S/c1-9(2)8-24(20,21)18-14(19)11-4-5-12(15-6-11)22-7-13-16-10(3)17-23-13/h4-6,9H,7-8H2,1-3H3,(H,18,19). The highest BCUT2D eigenvalue weighted by atomic mass is 32.2. The van der Waals surface area contributed by atoms with Crippen LogP contribution in [0.3, 0.4) is 0 Å². The van der Waals surface area contributed by atoms with Crippen LogP contribution >= 0.6 is 0 Å². The van der Waals surface area contributed by atoms with E-state index in [2.05, 4.69) is 15.1 Å². The van der Waals surface area contributed by atoms with Crippen LogP contribution in [0.2, 0.25) is 0 Å². The highest BCUT2D eigenvalue weighted by Gasteiger charge is 2.18. The minimum absolute atomic E-state index is 0.0438. The van der Waals surface area contributed by atoms with Crippen LogP contribution in [-0.2, 0) is 16.6 Å². The Morgan fingerprint density at radius 3 is 2.67 bits per heavy atom. The molecule has 0 fully saturated rings. The minimum atomic E-state index is -3.67. The number of hydrogen-bond donors (Lipinski definition) is 1. The molecule has 1 N–H and O–H groups in total. The molecule has 0 bridgehead atoms. The second-order valence-corrected chi connectivity index (χ2v) is 7.28. The zero-order valence-electron chi connectivity index (χ0n) is 13.5. The lowest BCUT2D eigenvalue weighted by atomic mass is 10.3. The maximum Gasteiger partial charge on any atom is 0.266 e. The van der Waals surface area contributed by atoms with Crippen LogP contribution in [0.4, 0.5) is 0 Å². The number of aryl methyl sites for hydroxylation is 1. The van der Waals surface area contributed by atoms with Gasteiger partial charge in [0.15, 0.2) is 12.4 Å². The van der Waals surface area contributed by atoms with Gasteiger partial charge < -0.3 is 9.26 Å². The lowest BCUT2D eigenvalue weighted by Crippen LogP contribution is -2.34. The Balaban J connectivity index is 1.94. The fourth-order valence-corrected chi connectivity index (χ4v) is 3.18. The van der Waals surface area contributed by atoms with Gasteiger partial charge in [-0.1, -0.05) is 19.0 Å². The van der Waals surface area contributed by atoms with E-state index >= 15 is 0 Å². The third-order valence-corrected chi connectivity index (χ3v) is 4.31. The lowest BCUT2D eigenvalue weighted by molar-refractivity contribution is 0.0981. The second-order valence-electron chi connectivity index (χ2n) is 5.52. The Bertz CT molecular complexity index is 799. The molecule has 0 aliphatic heterocycles. The Kier molecular flexibility index (Phi) is 5.50. The number of pyridine rings is 1. The summed E-state index contributed by atoms with van der Waals surface area (Å²) in [4.78, 5) is 19.8. The first kappa shape index (κ1) is 17.9. The van der Waals surface area contributed by atoms with E-state index in [1.807, 2.05) is 4.72 Å². The van der Waals surface area contributed by atoms with Gasteiger partial charge >= 0.3 is 0 Å². The zero-order valence-corrected chi connectivity index (χ0v) is 14.3. The average molecular weight is 354 g/mol. The molecule has 10 heteroatoms. The molecule has 0 saturated heterocycles. The van der Waals surface area contributed by atoms with Gasteiger partial charge in [0.05, 0.1) is 11.3 Å². The van der Waals surface area contributed by atoms with Crippen molar-refractivity contribution in [3.05, 3.63) is 35.6 Å². The Morgan fingerprint density at radius 1 is 1.38 bits per heavy atom. The first-order valence-corrected chi connectivity index (χ1v) is 8.83. The lowest BCUT2D eigenvalue weighted by Gasteiger charge is -2.09. The van der Waals surface area contributed by atoms with Gasteiger partial charge in [0.2, 0.25) is 15.9 Å². The summed E-state index contributed by atoms with van der Waals surface area (Å²) in [5.41, 5.74) is 0.114. The molecule has 9 nitrogen and oxygen atoms in total. The summed E-state index contributed by atoms with van der Waals surface area (Å²) in [5, 5.41) is 3.62. The van der Waals surface area contributed by atoms with Gasteiger partial charge in [-0.3, -0.25) is 4.79 Å². The smallest absolute Gasteiger partial charge is 0.266 e. The van der Waals surface area contributed by atoms with Crippen molar-refractivity contribution in [3.8, 4) is 5.88 Å². The Labute approximate surface area is 139 Å². The summed E-state index contributed by atoms with van der Waals surface area (Å²) >= 11 is 0. The van der Waals surface area contributed by atoms with Crippen molar-refractivity contribution < 1.29 is 22.5 Å². The Hall–Kier alpha value is -2.49. The maximum absolute atomic E-state index is 11.9. The van der Waals surface area contributed by atoms with Gasteiger partial charge in [-0.15, -0.1) is 0 Å². The predicted molar refractivity (Wildman–Crippen MR) is 83.7 cm³/mol. The number of nitrogens with zero attached hydrogens (tertiary/aromatic N) is 3. The highest BCUT2D eigenvalue weighted by molar-refractivity contribution is 7.90. The maximum atomic E-state index is 11.9. The molecule has 0 radical (unpaired) electrons. The van der Waals surface area contributed by atoms with E-state index in [0.717, 1.165) is 0 Å². The quantitative estimate of drug-likeness (QED) is 0.783. The van der Waals surface area contributed by atoms with E-state index in [1.165, 1.54) is 18.3 Å². The monoisotopic (exact) mass is 354 g/mol. The molecular formula is C14H18N4O5S. The van der Waals surface area contributed by atoms with Crippen molar-refractivity contribution in [2.75, 3.05) is 5.75 Å². The molecule has 2 aromatic heterocycles.